The van der Waals surface area contributed by atoms with Gasteiger partial charge in [0.1, 0.15) is 17.2 Å². The average Bonchev–Trinajstić information content (AvgIpc) is 2.59. The Kier molecular flexibility index (Phi) is 5.08. The number of amides is 1. The highest BCUT2D eigenvalue weighted by Gasteiger charge is 2.09. The van der Waals surface area contributed by atoms with Crippen LogP contribution in [-0.4, -0.2) is 30.8 Å². The van der Waals surface area contributed by atoms with Gasteiger partial charge in [-0.3, -0.25) is 9.78 Å². The first-order valence-electron chi connectivity index (χ1n) is 6.63. The molecule has 0 saturated heterocycles. The number of hydrogen-bond acceptors (Lipinski definition) is 5. The molecule has 1 aromatic heterocycles. The summed E-state index contributed by atoms with van der Waals surface area (Å²) in [4.78, 5) is 15.9. The number of carbonyl (C=O) groups is 1. The van der Waals surface area contributed by atoms with Gasteiger partial charge in [0.15, 0.2) is 0 Å². The molecule has 1 N–H and O–H groups in total. The first-order chi connectivity index (χ1) is 10.7. The molecule has 114 valence electrons. The molecule has 0 bridgehead atoms. The molecule has 0 saturated carbocycles. The summed E-state index contributed by atoms with van der Waals surface area (Å²) in [6, 6.07) is 10.5. The highest BCUT2D eigenvalue weighted by molar-refractivity contribution is 6.02. The number of ether oxygens (including phenoxy) is 2. The molecule has 1 aromatic carbocycles. The van der Waals surface area contributed by atoms with Crippen molar-refractivity contribution in [1.29, 1.82) is 0 Å². The van der Waals surface area contributed by atoms with E-state index in [4.69, 9.17) is 9.47 Å². The van der Waals surface area contributed by atoms with E-state index in [1.54, 1.807) is 57.7 Å². The maximum atomic E-state index is 11.9. The third kappa shape index (κ3) is 3.60. The van der Waals surface area contributed by atoms with E-state index in [1.165, 1.54) is 0 Å². The molecular formula is C16H17N3O3. The second kappa shape index (κ2) is 7.21. The van der Waals surface area contributed by atoms with Crippen molar-refractivity contribution in [3.63, 3.8) is 0 Å². The lowest BCUT2D eigenvalue weighted by molar-refractivity contribution is 0.0950. The van der Waals surface area contributed by atoms with E-state index in [1.807, 2.05) is 6.07 Å². The van der Waals surface area contributed by atoms with Gasteiger partial charge in [0.25, 0.3) is 5.91 Å². The molecule has 2 aromatic rings. The van der Waals surface area contributed by atoms with Gasteiger partial charge >= 0.3 is 0 Å². The Morgan fingerprint density at radius 1 is 1.18 bits per heavy atom. The summed E-state index contributed by atoms with van der Waals surface area (Å²) in [6.07, 6.45) is 1.55. The van der Waals surface area contributed by atoms with E-state index in [-0.39, 0.29) is 5.91 Å². The molecule has 0 fully saturated rings. The molecule has 1 heterocycles. The summed E-state index contributed by atoms with van der Waals surface area (Å²) in [5.41, 5.74) is 4.17. The van der Waals surface area contributed by atoms with Crippen molar-refractivity contribution in [2.45, 2.75) is 6.92 Å². The minimum Gasteiger partial charge on any atom is -0.497 e. The van der Waals surface area contributed by atoms with Crippen LogP contribution >= 0.6 is 0 Å². The van der Waals surface area contributed by atoms with Crippen LogP contribution in [0.1, 0.15) is 23.0 Å². The maximum absolute atomic E-state index is 11.9. The lowest BCUT2D eigenvalue weighted by Crippen LogP contribution is -2.20. The fraction of sp³-hybridized carbons (Fsp3) is 0.188. The molecule has 0 atom stereocenters. The van der Waals surface area contributed by atoms with E-state index in [0.29, 0.717) is 22.9 Å². The summed E-state index contributed by atoms with van der Waals surface area (Å²) in [7, 11) is 3.15. The number of carbonyl (C=O) groups excluding carboxylic acids is 1. The van der Waals surface area contributed by atoms with Crippen molar-refractivity contribution in [3.8, 4) is 11.5 Å². The van der Waals surface area contributed by atoms with Gasteiger partial charge in [0, 0.05) is 17.8 Å². The molecule has 0 aliphatic heterocycles. The number of aromatic nitrogens is 1. The number of pyridine rings is 1. The van der Waals surface area contributed by atoms with Crippen LogP contribution in [0.3, 0.4) is 0 Å². The fourth-order valence-corrected chi connectivity index (χ4v) is 1.85. The number of benzene rings is 1. The average molecular weight is 299 g/mol. The summed E-state index contributed by atoms with van der Waals surface area (Å²) in [5, 5.41) is 4.09. The highest BCUT2D eigenvalue weighted by atomic mass is 16.5. The smallest absolute Gasteiger partial charge is 0.289 e. The molecule has 0 radical (unpaired) electrons. The lowest BCUT2D eigenvalue weighted by atomic mass is 10.1. The minimum atomic E-state index is -0.368. The predicted molar refractivity (Wildman–Crippen MR) is 83.5 cm³/mol. The number of hydrazone groups is 1. The SMILES string of the molecule is COc1ccc(/C(C)=N\NC(=O)c2ccccn2)c(OC)c1. The van der Waals surface area contributed by atoms with Crippen LogP contribution in [0, 0.1) is 0 Å². The minimum absolute atomic E-state index is 0.306. The Bertz CT molecular complexity index is 684. The van der Waals surface area contributed by atoms with Crippen molar-refractivity contribution in [3.05, 3.63) is 53.9 Å². The number of rotatable bonds is 5. The van der Waals surface area contributed by atoms with Gasteiger partial charge in [-0.05, 0) is 31.2 Å². The van der Waals surface area contributed by atoms with Crippen molar-refractivity contribution in [2.24, 2.45) is 5.10 Å². The molecule has 0 spiro atoms. The largest absolute Gasteiger partial charge is 0.497 e. The summed E-state index contributed by atoms with van der Waals surface area (Å²) in [6.45, 7) is 1.78. The molecule has 6 heteroatoms. The Morgan fingerprint density at radius 2 is 2.00 bits per heavy atom. The van der Waals surface area contributed by atoms with Crippen LogP contribution in [0.2, 0.25) is 0 Å². The zero-order valence-electron chi connectivity index (χ0n) is 12.7. The quantitative estimate of drug-likeness (QED) is 0.679. The molecule has 2 rings (SSSR count). The van der Waals surface area contributed by atoms with Gasteiger partial charge in [-0.2, -0.15) is 5.10 Å². The normalized spacial score (nSPS) is 11.0. The Hall–Kier alpha value is -2.89. The van der Waals surface area contributed by atoms with E-state index in [2.05, 4.69) is 15.5 Å². The predicted octanol–water partition coefficient (Wildman–Crippen LogP) is 2.25. The van der Waals surface area contributed by atoms with Crippen LogP contribution in [0.15, 0.2) is 47.7 Å². The van der Waals surface area contributed by atoms with E-state index in [9.17, 15) is 4.79 Å². The zero-order valence-corrected chi connectivity index (χ0v) is 12.7. The van der Waals surface area contributed by atoms with E-state index >= 15 is 0 Å². The van der Waals surface area contributed by atoms with Crippen LogP contribution in [-0.2, 0) is 0 Å². The summed E-state index contributed by atoms with van der Waals surface area (Å²) >= 11 is 0. The third-order valence-electron chi connectivity index (χ3n) is 3.02. The standard InChI is InChI=1S/C16H17N3O3/c1-11(13-8-7-12(21-2)10-15(13)22-3)18-19-16(20)14-6-4-5-9-17-14/h4-10H,1-3H3,(H,19,20)/b18-11-. The fourth-order valence-electron chi connectivity index (χ4n) is 1.85. The third-order valence-corrected chi connectivity index (χ3v) is 3.02. The topological polar surface area (TPSA) is 72.8 Å². The van der Waals surface area contributed by atoms with Crippen molar-refractivity contribution >= 4 is 11.6 Å². The number of hydrogen-bond donors (Lipinski definition) is 1. The van der Waals surface area contributed by atoms with Gasteiger partial charge in [0.05, 0.1) is 19.9 Å². The Morgan fingerprint density at radius 3 is 2.64 bits per heavy atom. The van der Waals surface area contributed by atoms with E-state index in [0.717, 1.165) is 5.56 Å². The second-order valence-electron chi connectivity index (χ2n) is 4.42. The number of nitrogens with zero attached hydrogens (tertiary/aromatic N) is 2. The second-order valence-corrected chi connectivity index (χ2v) is 4.42. The number of nitrogens with one attached hydrogen (secondary N) is 1. The maximum Gasteiger partial charge on any atom is 0.289 e. The summed E-state index contributed by atoms with van der Waals surface area (Å²) < 4.78 is 10.5. The van der Waals surface area contributed by atoms with Crippen molar-refractivity contribution in [1.82, 2.24) is 10.4 Å². The van der Waals surface area contributed by atoms with Crippen molar-refractivity contribution < 1.29 is 14.3 Å². The highest BCUT2D eigenvalue weighted by Crippen LogP contribution is 2.25. The molecule has 22 heavy (non-hydrogen) atoms. The monoisotopic (exact) mass is 299 g/mol. The molecule has 0 aliphatic carbocycles. The Labute approximate surface area is 128 Å². The van der Waals surface area contributed by atoms with Crippen LogP contribution in [0.25, 0.3) is 0 Å². The molecular weight excluding hydrogens is 282 g/mol. The molecule has 0 aliphatic rings. The first kappa shape index (κ1) is 15.5. The van der Waals surface area contributed by atoms with Gasteiger partial charge < -0.3 is 9.47 Å². The number of methoxy groups -OCH3 is 2. The van der Waals surface area contributed by atoms with Crippen LogP contribution in [0.4, 0.5) is 0 Å². The lowest BCUT2D eigenvalue weighted by Gasteiger charge is -2.10. The van der Waals surface area contributed by atoms with Gasteiger partial charge in [0.2, 0.25) is 0 Å². The Balaban J connectivity index is 2.17. The van der Waals surface area contributed by atoms with Crippen LogP contribution in [0.5, 0.6) is 11.5 Å². The van der Waals surface area contributed by atoms with Gasteiger partial charge in [-0.1, -0.05) is 6.07 Å². The molecule has 6 nitrogen and oxygen atoms in total. The molecule has 1 amide bonds. The summed E-state index contributed by atoms with van der Waals surface area (Å²) in [5.74, 6) is 0.936. The van der Waals surface area contributed by atoms with Crippen LogP contribution < -0.4 is 14.9 Å². The molecule has 0 unspecified atom stereocenters. The first-order valence-corrected chi connectivity index (χ1v) is 6.63. The van der Waals surface area contributed by atoms with Crippen molar-refractivity contribution in [2.75, 3.05) is 14.2 Å². The zero-order chi connectivity index (χ0) is 15.9. The van der Waals surface area contributed by atoms with Gasteiger partial charge in [-0.25, -0.2) is 5.43 Å². The van der Waals surface area contributed by atoms with Gasteiger partial charge in [-0.15, -0.1) is 0 Å². The van der Waals surface area contributed by atoms with E-state index < -0.39 is 0 Å².